The van der Waals surface area contributed by atoms with Crippen LogP contribution in [0.15, 0.2) is 162 Å². The number of nitrogens with zero attached hydrogens (tertiary/aromatic N) is 2. The largest absolute Gasteiger partial charge is 0.456 e. The monoisotopic (exact) mass is 630 g/mol. The van der Waals surface area contributed by atoms with E-state index >= 15 is 0 Å². The van der Waals surface area contributed by atoms with E-state index in [9.17, 15) is 0 Å². The van der Waals surface area contributed by atoms with Crippen LogP contribution in [0.1, 0.15) is 0 Å². The van der Waals surface area contributed by atoms with Crippen molar-refractivity contribution in [2.24, 2.45) is 0 Å². The molecule has 0 radical (unpaired) electrons. The van der Waals surface area contributed by atoms with Crippen molar-refractivity contribution in [2.75, 3.05) is 0 Å². The van der Waals surface area contributed by atoms with Crippen LogP contribution in [0.2, 0.25) is 0 Å². The summed E-state index contributed by atoms with van der Waals surface area (Å²) in [5.74, 6) is 0.697. The minimum atomic E-state index is 0.697. The van der Waals surface area contributed by atoms with Gasteiger partial charge in [-0.05, 0) is 52.2 Å². The summed E-state index contributed by atoms with van der Waals surface area (Å²) in [6.45, 7) is 0. The molecule has 0 aliphatic carbocycles. The van der Waals surface area contributed by atoms with Gasteiger partial charge in [0.05, 0.1) is 11.4 Å². The minimum absolute atomic E-state index is 0.697. The lowest BCUT2D eigenvalue weighted by Crippen LogP contribution is -1.96. The summed E-state index contributed by atoms with van der Waals surface area (Å²) in [7, 11) is 0. The van der Waals surface area contributed by atoms with Crippen LogP contribution in [-0.2, 0) is 0 Å². The van der Waals surface area contributed by atoms with Crippen LogP contribution in [-0.4, -0.2) is 9.97 Å². The van der Waals surface area contributed by atoms with Gasteiger partial charge >= 0.3 is 0 Å². The Morgan fingerprint density at radius 1 is 0.417 bits per heavy atom. The molecule has 0 saturated carbocycles. The molecule has 0 unspecified atom stereocenters. The molecule has 4 heteroatoms. The van der Waals surface area contributed by atoms with Crippen molar-refractivity contribution in [3.63, 3.8) is 0 Å². The molecule has 0 atom stereocenters. The first-order valence-corrected chi connectivity index (χ1v) is 16.9. The van der Waals surface area contributed by atoms with Gasteiger partial charge in [-0.15, -0.1) is 11.3 Å². The van der Waals surface area contributed by atoms with Crippen LogP contribution in [0.5, 0.6) is 0 Å². The highest BCUT2D eigenvalue weighted by Crippen LogP contribution is 2.40. The molecule has 0 saturated heterocycles. The fraction of sp³-hybridized carbons (Fsp3) is 0. The van der Waals surface area contributed by atoms with E-state index < -0.39 is 0 Å². The lowest BCUT2D eigenvalue weighted by molar-refractivity contribution is 0.669. The van der Waals surface area contributed by atoms with E-state index in [0.717, 1.165) is 60.8 Å². The lowest BCUT2D eigenvalue weighted by Gasteiger charge is -2.12. The van der Waals surface area contributed by atoms with E-state index in [4.69, 9.17) is 14.4 Å². The summed E-state index contributed by atoms with van der Waals surface area (Å²) < 4.78 is 8.89. The topological polar surface area (TPSA) is 38.9 Å². The van der Waals surface area contributed by atoms with E-state index in [1.54, 1.807) is 0 Å². The molecule has 224 valence electrons. The van der Waals surface area contributed by atoms with E-state index in [0.29, 0.717) is 5.82 Å². The van der Waals surface area contributed by atoms with Crippen molar-refractivity contribution in [1.82, 2.24) is 9.97 Å². The van der Waals surface area contributed by atoms with Crippen LogP contribution >= 0.6 is 11.3 Å². The van der Waals surface area contributed by atoms with Crippen LogP contribution < -0.4 is 0 Å². The van der Waals surface area contributed by atoms with Gasteiger partial charge in [0.1, 0.15) is 11.2 Å². The molecule has 10 rings (SSSR count). The third-order valence-corrected chi connectivity index (χ3v) is 10.5. The number of hydrogen-bond donors (Lipinski definition) is 0. The van der Waals surface area contributed by atoms with Gasteiger partial charge in [0.2, 0.25) is 0 Å². The number of benzene rings is 7. The Kier molecular flexibility index (Phi) is 6.05. The second-order valence-corrected chi connectivity index (χ2v) is 13.2. The maximum atomic E-state index is 6.26. The molecule has 0 spiro atoms. The Labute approximate surface area is 280 Å². The smallest absolute Gasteiger partial charge is 0.161 e. The second-order valence-electron chi connectivity index (χ2n) is 12.2. The molecule has 0 bridgehead atoms. The van der Waals surface area contributed by atoms with Crippen LogP contribution in [0.3, 0.4) is 0 Å². The maximum Gasteiger partial charge on any atom is 0.161 e. The van der Waals surface area contributed by atoms with Crippen molar-refractivity contribution in [3.8, 4) is 45.0 Å². The van der Waals surface area contributed by atoms with Gasteiger partial charge in [-0.1, -0.05) is 127 Å². The average molecular weight is 631 g/mol. The zero-order valence-corrected chi connectivity index (χ0v) is 26.5. The number of thiophene rings is 1. The summed E-state index contributed by atoms with van der Waals surface area (Å²) in [6, 6.07) is 55.5. The molecule has 0 aliphatic heterocycles. The summed E-state index contributed by atoms with van der Waals surface area (Å²) >= 11 is 1.86. The summed E-state index contributed by atoms with van der Waals surface area (Å²) in [5, 5.41) is 7.12. The van der Waals surface area contributed by atoms with Crippen molar-refractivity contribution in [1.29, 1.82) is 0 Å². The second kappa shape index (κ2) is 10.7. The Morgan fingerprint density at radius 3 is 1.94 bits per heavy atom. The quantitative estimate of drug-likeness (QED) is 0.194. The predicted molar refractivity (Wildman–Crippen MR) is 201 cm³/mol. The highest BCUT2D eigenvalue weighted by molar-refractivity contribution is 7.26. The molecule has 7 aromatic carbocycles. The van der Waals surface area contributed by atoms with Crippen LogP contribution in [0, 0.1) is 0 Å². The fourth-order valence-corrected chi connectivity index (χ4v) is 8.20. The van der Waals surface area contributed by atoms with Crippen LogP contribution in [0.4, 0.5) is 0 Å². The summed E-state index contributed by atoms with van der Waals surface area (Å²) in [5.41, 5.74) is 8.93. The minimum Gasteiger partial charge on any atom is -0.456 e. The number of rotatable bonds is 4. The number of hydrogen-bond acceptors (Lipinski definition) is 4. The van der Waals surface area contributed by atoms with Gasteiger partial charge in [-0.2, -0.15) is 0 Å². The first-order chi connectivity index (χ1) is 23.8. The standard InChI is InChI=1S/C44H26N2OS/c1-2-11-31-27(9-1)10-7-16-37(31)44-45-38(26-39(46-44)30-23-24-34-33-12-3-5-17-40(33)47-41(34)25-30)29-21-19-28(20-22-29)32-14-8-15-36-35-13-4-6-18-42(35)48-43(32)36/h1-26H. The number of aromatic nitrogens is 2. The number of para-hydroxylation sites is 1. The lowest BCUT2D eigenvalue weighted by atomic mass is 9.99. The van der Waals surface area contributed by atoms with Crippen LogP contribution in [0.25, 0.3) is 97.9 Å². The molecule has 3 heterocycles. The number of fused-ring (bicyclic) bond motifs is 7. The van der Waals surface area contributed by atoms with E-state index in [2.05, 4.69) is 140 Å². The first kappa shape index (κ1) is 27.1. The Hall–Kier alpha value is -6.10. The first-order valence-electron chi connectivity index (χ1n) is 16.1. The number of furan rings is 1. The summed E-state index contributed by atoms with van der Waals surface area (Å²) in [6.07, 6.45) is 0. The predicted octanol–water partition coefficient (Wildman–Crippen LogP) is 12.6. The zero-order chi connectivity index (χ0) is 31.6. The molecule has 0 aliphatic rings. The van der Waals surface area contributed by atoms with Crippen molar-refractivity contribution in [3.05, 3.63) is 158 Å². The van der Waals surface area contributed by atoms with Gasteiger partial charge in [0.15, 0.2) is 5.82 Å². The molecule has 3 aromatic heterocycles. The Morgan fingerprint density at radius 2 is 1.04 bits per heavy atom. The molecule has 3 nitrogen and oxygen atoms in total. The van der Waals surface area contributed by atoms with E-state index in [-0.39, 0.29) is 0 Å². The van der Waals surface area contributed by atoms with Gasteiger partial charge < -0.3 is 4.42 Å². The van der Waals surface area contributed by atoms with Gasteiger partial charge in [-0.3, -0.25) is 0 Å². The van der Waals surface area contributed by atoms with E-state index in [1.807, 2.05) is 29.5 Å². The van der Waals surface area contributed by atoms with Gasteiger partial charge in [0, 0.05) is 47.6 Å². The average Bonchev–Trinajstić information content (AvgIpc) is 3.73. The third-order valence-electron chi connectivity index (χ3n) is 9.33. The van der Waals surface area contributed by atoms with Gasteiger partial charge in [0.25, 0.3) is 0 Å². The maximum absolute atomic E-state index is 6.26. The van der Waals surface area contributed by atoms with Crippen molar-refractivity contribution < 1.29 is 4.42 Å². The molecule has 48 heavy (non-hydrogen) atoms. The highest BCUT2D eigenvalue weighted by atomic mass is 32.1. The summed E-state index contributed by atoms with van der Waals surface area (Å²) in [4.78, 5) is 10.4. The Balaban J connectivity index is 1.13. The zero-order valence-electron chi connectivity index (χ0n) is 25.7. The van der Waals surface area contributed by atoms with Crippen molar-refractivity contribution >= 4 is 64.2 Å². The normalized spacial score (nSPS) is 11.8. The van der Waals surface area contributed by atoms with E-state index in [1.165, 1.54) is 31.3 Å². The molecular formula is C44H26N2OS. The molecule has 10 aromatic rings. The molecular weight excluding hydrogens is 605 g/mol. The van der Waals surface area contributed by atoms with Crippen molar-refractivity contribution in [2.45, 2.75) is 0 Å². The molecule has 0 N–H and O–H groups in total. The van der Waals surface area contributed by atoms with Gasteiger partial charge in [-0.25, -0.2) is 9.97 Å². The highest BCUT2D eigenvalue weighted by Gasteiger charge is 2.16. The fourth-order valence-electron chi connectivity index (χ4n) is 6.96. The molecule has 0 amide bonds. The molecule has 0 fully saturated rings. The SMILES string of the molecule is c1ccc2c(-c3nc(-c4ccc(-c5cccc6c5sc5ccccc56)cc4)cc(-c4ccc5c(c4)oc4ccccc45)n3)cccc2c1. The third kappa shape index (κ3) is 4.34. The Bertz CT molecular complexity index is 2840.